The Labute approximate surface area is 213 Å². The number of aryl methyl sites for hydroxylation is 5. The molecule has 190 valence electrons. The largest absolute Gasteiger partial charge is 0.480 e. The van der Waals surface area contributed by atoms with E-state index < -0.39 is 17.9 Å². The molecule has 1 aromatic heterocycles. The molecule has 1 saturated carbocycles. The molecule has 1 atom stereocenters. The fourth-order valence-corrected chi connectivity index (χ4v) is 5.37. The first-order valence-corrected chi connectivity index (χ1v) is 13.0. The molecule has 0 saturated heterocycles. The van der Waals surface area contributed by atoms with E-state index >= 15 is 0 Å². The third kappa shape index (κ3) is 6.30. The summed E-state index contributed by atoms with van der Waals surface area (Å²) in [6, 6.07) is 6.69. The fourth-order valence-electron chi connectivity index (χ4n) is 5.37. The van der Waals surface area contributed by atoms with E-state index in [0.717, 1.165) is 38.5 Å². The number of pyridine rings is 1. The Bertz CT molecular complexity index is 1140. The lowest BCUT2D eigenvalue weighted by Crippen LogP contribution is -2.42. The van der Waals surface area contributed by atoms with Crippen LogP contribution >= 0.6 is 0 Å². The van der Waals surface area contributed by atoms with E-state index in [1.807, 2.05) is 0 Å². The van der Waals surface area contributed by atoms with E-state index in [0.29, 0.717) is 28.3 Å². The number of carboxylic acids is 1. The summed E-state index contributed by atoms with van der Waals surface area (Å²) in [6.07, 6.45) is 9.21. The van der Waals surface area contributed by atoms with Crippen LogP contribution in [0.3, 0.4) is 0 Å². The van der Waals surface area contributed by atoms with E-state index in [4.69, 9.17) is 16.3 Å². The summed E-state index contributed by atoms with van der Waals surface area (Å²) >= 11 is 0. The fraction of sp³-hybridized carbons (Fsp3) is 0.517. The lowest BCUT2D eigenvalue weighted by atomic mass is 9.79. The number of fused-ring (bicyclic) bond motifs is 1. The van der Waals surface area contributed by atoms with Crippen molar-refractivity contribution in [3.8, 4) is 0 Å². The Kier molecular flexibility index (Phi) is 8.37. The van der Waals surface area contributed by atoms with Gasteiger partial charge in [0.15, 0.2) is 5.69 Å². The smallest absolute Gasteiger partial charge is 0.326 e. The predicted molar refractivity (Wildman–Crippen MR) is 137 cm³/mol. The summed E-state index contributed by atoms with van der Waals surface area (Å²) in [4.78, 5) is 32.8. The minimum absolute atomic E-state index is 0.155. The summed E-state index contributed by atoms with van der Waals surface area (Å²) in [5.41, 5.74) is 6.09. The monoisotopic (exact) mass is 489 g/mol. The average Bonchev–Trinajstić information content (AvgIpc) is 2.83. The van der Waals surface area contributed by atoms with Crippen LogP contribution in [0.2, 0.25) is 0 Å². The van der Waals surface area contributed by atoms with Crippen molar-refractivity contribution in [1.29, 1.82) is 0 Å². The number of benzene rings is 1. The van der Waals surface area contributed by atoms with Crippen LogP contribution in [-0.4, -0.2) is 40.7 Å². The van der Waals surface area contributed by atoms with Gasteiger partial charge in [-0.15, -0.1) is 0 Å². The number of carbonyl (C=O) groups excluding carboxylic acids is 1. The molecular formula is C29H35N3O4. The van der Waals surface area contributed by atoms with Crippen LogP contribution in [0, 0.1) is 26.3 Å². The maximum absolute atomic E-state index is 12.8. The Morgan fingerprint density at radius 2 is 1.92 bits per heavy atom. The predicted octanol–water partition coefficient (Wildman–Crippen LogP) is 5.13. The standard InChI is InChI=1S/C29H35N3O4/c1-18-14-23(30-3)15-19(2)27(18)28(33)32-26(29(34)35)12-13-36-24-16-20(17-24)8-10-22-11-9-21-6-4-5-7-25(21)31-22/h9,11,14-15,20,24,26H,4-8,10,12-13,16-17H2,1-2H3,(H,32,33)(H,34,35). The van der Waals surface area contributed by atoms with Gasteiger partial charge >= 0.3 is 5.97 Å². The summed E-state index contributed by atoms with van der Waals surface area (Å²) in [5.74, 6) is -0.898. The molecule has 0 aliphatic heterocycles. The van der Waals surface area contributed by atoms with Crippen molar-refractivity contribution in [2.45, 2.75) is 83.8 Å². The van der Waals surface area contributed by atoms with Crippen LogP contribution in [-0.2, 0) is 28.8 Å². The molecule has 1 unspecified atom stereocenters. The van der Waals surface area contributed by atoms with Crippen LogP contribution in [0.4, 0.5) is 5.69 Å². The SMILES string of the molecule is [C-]#[N+]c1cc(C)c(C(=O)NC(CCOC2CC(CCc3ccc4c(n3)CCCC4)C2)C(=O)O)c(C)c1. The van der Waals surface area contributed by atoms with Gasteiger partial charge in [0, 0.05) is 30.0 Å². The van der Waals surface area contributed by atoms with Gasteiger partial charge in [0.2, 0.25) is 0 Å². The van der Waals surface area contributed by atoms with Crippen LogP contribution in [0.1, 0.15) is 77.0 Å². The normalized spacial score (nSPS) is 19.5. The molecule has 2 aliphatic rings. The topological polar surface area (TPSA) is 92.9 Å². The molecule has 7 nitrogen and oxygen atoms in total. The highest BCUT2D eigenvalue weighted by Gasteiger charge is 2.30. The maximum Gasteiger partial charge on any atom is 0.326 e. The van der Waals surface area contributed by atoms with Gasteiger partial charge in [0.05, 0.1) is 12.7 Å². The number of carbonyl (C=O) groups is 2. The number of hydrogen-bond acceptors (Lipinski definition) is 4. The molecule has 0 radical (unpaired) electrons. The number of ether oxygens (including phenoxy) is 1. The van der Waals surface area contributed by atoms with Gasteiger partial charge in [-0.05, 0) is 93.9 Å². The molecule has 0 spiro atoms. The first kappa shape index (κ1) is 25.8. The minimum atomic E-state index is -1.08. The molecule has 1 aromatic carbocycles. The maximum atomic E-state index is 12.8. The van der Waals surface area contributed by atoms with Gasteiger partial charge in [0.1, 0.15) is 6.04 Å². The third-order valence-corrected chi connectivity index (χ3v) is 7.47. The van der Waals surface area contributed by atoms with Gasteiger partial charge in [-0.1, -0.05) is 18.2 Å². The zero-order valence-electron chi connectivity index (χ0n) is 21.2. The van der Waals surface area contributed by atoms with Crippen LogP contribution in [0.15, 0.2) is 24.3 Å². The molecule has 36 heavy (non-hydrogen) atoms. The Morgan fingerprint density at radius 3 is 2.61 bits per heavy atom. The number of hydrogen-bond donors (Lipinski definition) is 2. The summed E-state index contributed by atoms with van der Waals surface area (Å²) < 4.78 is 5.92. The van der Waals surface area contributed by atoms with Crippen molar-refractivity contribution in [1.82, 2.24) is 10.3 Å². The third-order valence-electron chi connectivity index (χ3n) is 7.47. The lowest BCUT2D eigenvalue weighted by molar-refractivity contribution is -0.140. The second-order valence-electron chi connectivity index (χ2n) is 10.2. The number of carboxylic acid groups (broad SMARTS) is 1. The zero-order chi connectivity index (χ0) is 25.7. The van der Waals surface area contributed by atoms with Gasteiger partial charge in [-0.2, -0.15) is 0 Å². The van der Waals surface area contributed by atoms with Crippen molar-refractivity contribution in [2.75, 3.05) is 6.61 Å². The molecule has 7 heteroatoms. The first-order valence-electron chi connectivity index (χ1n) is 13.0. The highest BCUT2D eigenvalue weighted by molar-refractivity contribution is 5.99. The highest BCUT2D eigenvalue weighted by atomic mass is 16.5. The molecule has 4 rings (SSSR count). The number of amides is 1. The first-order chi connectivity index (χ1) is 17.3. The molecule has 0 bridgehead atoms. The number of aliphatic carboxylic acids is 1. The molecule has 1 amide bonds. The highest BCUT2D eigenvalue weighted by Crippen LogP contribution is 2.34. The molecule has 2 aromatic rings. The Hall–Kier alpha value is -3.24. The minimum Gasteiger partial charge on any atom is -0.480 e. The van der Waals surface area contributed by atoms with E-state index in [-0.39, 0.29) is 19.1 Å². The van der Waals surface area contributed by atoms with E-state index in [9.17, 15) is 14.7 Å². The van der Waals surface area contributed by atoms with Crippen LogP contribution in [0.5, 0.6) is 0 Å². The summed E-state index contributed by atoms with van der Waals surface area (Å²) in [5, 5.41) is 12.2. The average molecular weight is 490 g/mol. The second kappa shape index (κ2) is 11.7. The van der Waals surface area contributed by atoms with E-state index in [1.54, 1.807) is 26.0 Å². The summed E-state index contributed by atoms with van der Waals surface area (Å²) in [7, 11) is 0. The number of nitrogens with one attached hydrogen (secondary N) is 1. The van der Waals surface area contributed by atoms with E-state index in [2.05, 4.69) is 22.3 Å². The van der Waals surface area contributed by atoms with Gasteiger partial charge < -0.3 is 15.2 Å². The van der Waals surface area contributed by atoms with Crippen LogP contribution in [0.25, 0.3) is 4.85 Å². The molecule has 2 N–H and O–H groups in total. The van der Waals surface area contributed by atoms with Crippen molar-refractivity contribution in [3.63, 3.8) is 0 Å². The molecule has 1 fully saturated rings. The van der Waals surface area contributed by atoms with Gasteiger partial charge in [-0.25, -0.2) is 9.64 Å². The van der Waals surface area contributed by atoms with Crippen molar-refractivity contribution >= 4 is 17.6 Å². The lowest BCUT2D eigenvalue weighted by Gasteiger charge is -2.35. The second-order valence-corrected chi connectivity index (χ2v) is 10.2. The number of aromatic nitrogens is 1. The zero-order valence-corrected chi connectivity index (χ0v) is 21.2. The Morgan fingerprint density at radius 1 is 1.19 bits per heavy atom. The van der Waals surface area contributed by atoms with Crippen LogP contribution < -0.4 is 5.32 Å². The number of rotatable bonds is 10. The molecular weight excluding hydrogens is 454 g/mol. The quantitative estimate of drug-likeness (QED) is 0.452. The molecule has 1 heterocycles. The van der Waals surface area contributed by atoms with Crippen molar-refractivity contribution in [3.05, 3.63) is 69.3 Å². The molecule has 2 aliphatic carbocycles. The van der Waals surface area contributed by atoms with E-state index in [1.165, 1.54) is 29.8 Å². The van der Waals surface area contributed by atoms with Crippen molar-refractivity contribution in [2.24, 2.45) is 5.92 Å². The van der Waals surface area contributed by atoms with Gasteiger partial charge in [-0.3, -0.25) is 9.78 Å². The van der Waals surface area contributed by atoms with Gasteiger partial charge in [0.25, 0.3) is 5.91 Å². The Balaban J connectivity index is 1.19. The summed E-state index contributed by atoms with van der Waals surface area (Å²) in [6.45, 7) is 10.9. The van der Waals surface area contributed by atoms with Crippen molar-refractivity contribution < 1.29 is 19.4 Å². The number of nitrogens with zero attached hydrogens (tertiary/aromatic N) is 2.